The van der Waals surface area contributed by atoms with Crippen LogP contribution in [0.5, 0.6) is 5.75 Å². The molecule has 29 heavy (non-hydrogen) atoms. The molecule has 1 aromatic heterocycles. The largest absolute Gasteiger partial charge is 0.488 e. The van der Waals surface area contributed by atoms with Crippen molar-refractivity contribution in [2.45, 2.75) is 52.5 Å². The molecule has 0 radical (unpaired) electrons. The number of para-hydroxylation sites is 1. The Morgan fingerprint density at radius 1 is 1.31 bits per heavy atom. The van der Waals surface area contributed by atoms with Gasteiger partial charge in [0.2, 0.25) is 0 Å². The summed E-state index contributed by atoms with van der Waals surface area (Å²) in [5.41, 5.74) is 1.86. The molecule has 2 aromatic rings. The Bertz CT molecular complexity index is 789. The van der Waals surface area contributed by atoms with E-state index >= 15 is 0 Å². The number of hydrogen-bond donors (Lipinski definition) is 1. The van der Waals surface area contributed by atoms with Crippen molar-refractivity contribution in [3.8, 4) is 5.75 Å². The third-order valence-electron chi connectivity index (χ3n) is 4.07. The van der Waals surface area contributed by atoms with Gasteiger partial charge in [-0.25, -0.2) is 4.98 Å². The summed E-state index contributed by atoms with van der Waals surface area (Å²) < 4.78 is 11.4. The monoisotopic (exact) mass is 532 g/mol. The molecule has 0 aliphatic heterocycles. The summed E-state index contributed by atoms with van der Waals surface area (Å²) >= 11 is 1.62. The van der Waals surface area contributed by atoms with E-state index in [4.69, 9.17) is 9.47 Å². The van der Waals surface area contributed by atoms with Crippen molar-refractivity contribution in [2.24, 2.45) is 4.99 Å². The van der Waals surface area contributed by atoms with E-state index in [9.17, 15) is 0 Å². The van der Waals surface area contributed by atoms with Crippen molar-refractivity contribution >= 4 is 41.3 Å². The Balaban J connectivity index is 0.00000420. The average molecular weight is 532 g/mol. The molecule has 0 spiro atoms. The molecule has 8 heteroatoms. The number of benzene rings is 1. The van der Waals surface area contributed by atoms with Gasteiger partial charge in [-0.05, 0) is 33.8 Å². The Morgan fingerprint density at radius 2 is 2.00 bits per heavy atom. The zero-order chi connectivity index (χ0) is 20.7. The van der Waals surface area contributed by atoms with Crippen LogP contribution in [0.15, 0.2) is 34.6 Å². The van der Waals surface area contributed by atoms with Crippen LogP contribution in [0.3, 0.4) is 0 Å². The van der Waals surface area contributed by atoms with Crippen LogP contribution in [0, 0.1) is 0 Å². The molecule has 162 valence electrons. The molecule has 0 saturated heterocycles. The van der Waals surface area contributed by atoms with Gasteiger partial charge in [0.1, 0.15) is 22.5 Å². The Morgan fingerprint density at radius 3 is 2.62 bits per heavy atom. The number of guanidine groups is 1. The predicted molar refractivity (Wildman–Crippen MR) is 131 cm³/mol. The van der Waals surface area contributed by atoms with E-state index in [1.165, 1.54) is 0 Å². The molecule has 1 N–H and O–H groups in total. The second kappa shape index (κ2) is 11.7. The van der Waals surface area contributed by atoms with Crippen LogP contribution in [-0.4, -0.2) is 42.6 Å². The normalized spacial score (nSPS) is 12.9. The van der Waals surface area contributed by atoms with Crippen LogP contribution in [-0.2, 0) is 17.8 Å². The first-order valence-electron chi connectivity index (χ1n) is 9.39. The molecule has 1 unspecified atom stereocenters. The summed E-state index contributed by atoms with van der Waals surface area (Å²) in [7, 11) is 5.49. The van der Waals surface area contributed by atoms with Crippen LogP contribution in [0.2, 0.25) is 0 Å². The quantitative estimate of drug-likeness (QED) is 0.314. The smallest absolute Gasteiger partial charge is 0.194 e. The summed E-state index contributed by atoms with van der Waals surface area (Å²) in [5.74, 6) is 1.69. The zero-order valence-electron chi connectivity index (χ0n) is 18.4. The number of hydrogen-bond acceptors (Lipinski definition) is 5. The number of aromatic nitrogens is 1. The van der Waals surface area contributed by atoms with Crippen LogP contribution in [0.1, 0.15) is 50.1 Å². The maximum atomic E-state index is 6.08. The number of methoxy groups -OCH3 is 1. The highest BCUT2D eigenvalue weighted by molar-refractivity contribution is 14.0. The molecule has 0 bridgehead atoms. The summed E-state index contributed by atoms with van der Waals surface area (Å²) in [4.78, 5) is 11.1. The van der Waals surface area contributed by atoms with E-state index in [2.05, 4.69) is 52.4 Å². The lowest BCUT2D eigenvalue weighted by molar-refractivity contribution is 0.119. The fourth-order valence-electron chi connectivity index (χ4n) is 2.64. The second-order valence-corrected chi connectivity index (χ2v) is 8.52. The van der Waals surface area contributed by atoms with Crippen molar-refractivity contribution in [1.82, 2.24) is 15.2 Å². The molecule has 0 saturated carbocycles. The number of ether oxygens (including phenoxy) is 2. The van der Waals surface area contributed by atoms with Gasteiger partial charge in [0, 0.05) is 38.7 Å². The Labute approximate surface area is 195 Å². The van der Waals surface area contributed by atoms with Gasteiger partial charge < -0.3 is 19.7 Å². The standard InChI is InChI=1S/C21H32N4O2S.HI/c1-15(26-7)19-24-17(14-28-19)13-25(6)20(22-5)23-12-16-10-8-9-11-18(16)27-21(2,3)4;/h8-11,14-15H,12-13H2,1-7H3,(H,22,23);1H. The van der Waals surface area contributed by atoms with E-state index in [1.807, 2.05) is 32.2 Å². The van der Waals surface area contributed by atoms with Crippen LogP contribution in [0.4, 0.5) is 0 Å². The highest BCUT2D eigenvalue weighted by atomic mass is 127. The molecule has 6 nitrogen and oxygen atoms in total. The van der Waals surface area contributed by atoms with Crippen molar-refractivity contribution in [3.05, 3.63) is 45.9 Å². The SMILES string of the molecule is CN=C(NCc1ccccc1OC(C)(C)C)N(C)Cc1csc(C(C)OC)n1.I. The molecule has 0 amide bonds. The van der Waals surface area contributed by atoms with Gasteiger partial charge in [-0.15, -0.1) is 35.3 Å². The number of rotatable bonds is 7. The number of halogens is 1. The van der Waals surface area contributed by atoms with Crippen LogP contribution < -0.4 is 10.1 Å². The van der Waals surface area contributed by atoms with E-state index in [1.54, 1.807) is 25.5 Å². The highest BCUT2D eigenvalue weighted by Crippen LogP contribution is 2.23. The number of thiazole rings is 1. The van der Waals surface area contributed by atoms with Crippen molar-refractivity contribution in [3.63, 3.8) is 0 Å². The summed E-state index contributed by atoms with van der Waals surface area (Å²) in [6, 6.07) is 8.09. The molecule has 0 aliphatic rings. The highest BCUT2D eigenvalue weighted by Gasteiger charge is 2.16. The van der Waals surface area contributed by atoms with Crippen molar-refractivity contribution in [2.75, 3.05) is 21.2 Å². The van der Waals surface area contributed by atoms with Crippen LogP contribution >= 0.6 is 35.3 Å². The lowest BCUT2D eigenvalue weighted by Gasteiger charge is -2.25. The fourth-order valence-corrected chi connectivity index (χ4v) is 3.48. The summed E-state index contributed by atoms with van der Waals surface area (Å²) in [6.45, 7) is 9.46. The predicted octanol–water partition coefficient (Wildman–Crippen LogP) is 4.85. The molecule has 0 fully saturated rings. The maximum absolute atomic E-state index is 6.08. The van der Waals surface area contributed by atoms with E-state index < -0.39 is 0 Å². The first kappa shape index (κ1) is 25.6. The number of aliphatic imine (C=N–C) groups is 1. The number of nitrogens with zero attached hydrogens (tertiary/aromatic N) is 3. The van der Waals surface area contributed by atoms with E-state index in [-0.39, 0.29) is 35.7 Å². The average Bonchev–Trinajstić information content (AvgIpc) is 3.10. The molecule has 1 heterocycles. The summed E-state index contributed by atoms with van der Waals surface area (Å²) in [5, 5.41) is 6.48. The van der Waals surface area contributed by atoms with Crippen molar-refractivity contribution in [1.29, 1.82) is 0 Å². The zero-order valence-corrected chi connectivity index (χ0v) is 21.5. The topological polar surface area (TPSA) is 59.0 Å². The molecule has 1 atom stereocenters. The van der Waals surface area contributed by atoms with Gasteiger partial charge in [-0.2, -0.15) is 0 Å². The van der Waals surface area contributed by atoms with Gasteiger partial charge in [-0.3, -0.25) is 4.99 Å². The molecular weight excluding hydrogens is 499 g/mol. The Kier molecular flexibility index (Phi) is 10.4. The lowest BCUT2D eigenvalue weighted by Crippen LogP contribution is -2.38. The molecule has 0 aliphatic carbocycles. The van der Waals surface area contributed by atoms with E-state index in [0.29, 0.717) is 13.1 Å². The van der Waals surface area contributed by atoms with E-state index in [0.717, 1.165) is 28.0 Å². The summed E-state index contributed by atoms with van der Waals surface area (Å²) in [6.07, 6.45) is 0.0146. The van der Waals surface area contributed by atoms with Gasteiger partial charge in [0.15, 0.2) is 5.96 Å². The molecular formula is C21H33IN4O2S. The lowest BCUT2D eigenvalue weighted by atomic mass is 10.1. The first-order chi connectivity index (χ1) is 13.2. The van der Waals surface area contributed by atoms with Crippen LogP contribution in [0.25, 0.3) is 0 Å². The first-order valence-corrected chi connectivity index (χ1v) is 10.3. The maximum Gasteiger partial charge on any atom is 0.194 e. The minimum Gasteiger partial charge on any atom is -0.488 e. The molecule has 2 rings (SSSR count). The second-order valence-electron chi connectivity index (χ2n) is 7.63. The third-order valence-corrected chi connectivity index (χ3v) is 5.12. The van der Waals surface area contributed by atoms with Gasteiger partial charge in [0.25, 0.3) is 0 Å². The minimum absolute atomic E-state index is 0. The van der Waals surface area contributed by atoms with Crippen molar-refractivity contribution < 1.29 is 9.47 Å². The minimum atomic E-state index is -0.240. The Hall–Kier alpha value is -1.39. The fraction of sp³-hybridized carbons (Fsp3) is 0.524. The van der Waals surface area contributed by atoms with Gasteiger partial charge in [0.05, 0.1) is 12.2 Å². The molecule has 1 aromatic carbocycles. The third kappa shape index (κ3) is 8.10. The van der Waals surface area contributed by atoms with Gasteiger partial charge >= 0.3 is 0 Å². The van der Waals surface area contributed by atoms with Gasteiger partial charge in [-0.1, -0.05) is 18.2 Å². The number of nitrogens with one attached hydrogen (secondary N) is 1.